The van der Waals surface area contributed by atoms with Crippen LogP contribution in [0.25, 0.3) is 11.5 Å². The van der Waals surface area contributed by atoms with Crippen molar-refractivity contribution in [1.82, 2.24) is 25.6 Å². The van der Waals surface area contributed by atoms with Crippen LogP contribution in [0.5, 0.6) is 5.75 Å². The maximum atomic E-state index is 6.25. The van der Waals surface area contributed by atoms with E-state index in [2.05, 4.69) is 62.8 Å². The number of nitrogens with one attached hydrogen (secondary N) is 1. The average Bonchev–Trinajstić information content (AvgIpc) is 3.48. The number of hydrogen-bond acceptors (Lipinski definition) is 7. The SMILES string of the molecule is Cc1ccc(-c2nc(CCOc3cccc4c3CCCN4CCc3nnn[nH]3)c(C)o2)cc1. The van der Waals surface area contributed by atoms with E-state index in [-0.39, 0.29) is 0 Å². The molecule has 8 heteroatoms. The van der Waals surface area contributed by atoms with Gasteiger partial charge in [0.2, 0.25) is 5.89 Å². The van der Waals surface area contributed by atoms with Crippen molar-refractivity contribution < 1.29 is 9.15 Å². The second kappa shape index (κ2) is 9.44. The minimum absolute atomic E-state index is 0.556. The van der Waals surface area contributed by atoms with E-state index in [4.69, 9.17) is 14.1 Å². The van der Waals surface area contributed by atoms with Crippen LogP contribution < -0.4 is 9.64 Å². The molecule has 0 saturated heterocycles. The van der Waals surface area contributed by atoms with Gasteiger partial charge in [0.05, 0.1) is 12.3 Å². The number of aromatic nitrogens is 5. The molecule has 1 aliphatic rings. The molecule has 170 valence electrons. The van der Waals surface area contributed by atoms with Gasteiger partial charge >= 0.3 is 0 Å². The van der Waals surface area contributed by atoms with Gasteiger partial charge in [-0.1, -0.05) is 23.8 Å². The number of anilines is 1. The molecule has 1 aliphatic heterocycles. The Kier molecular flexibility index (Phi) is 6.06. The van der Waals surface area contributed by atoms with Gasteiger partial charge in [0, 0.05) is 42.7 Å². The van der Waals surface area contributed by atoms with Crippen molar-refractivity contribution in [3.63, 3.8) is 0 Å². The summed E-state index contributed by atoms with van der Waals surface area (Å²) < 4.78 is 12.2. The predicted octanol–water partition coefficient (Wildman–Crippen LogP) is 4.09. The maximum absolute atomic E-state index is 6.25. The Morgan fingerprint density at radius 3 is 2.79 bits per heavy atom. The second-order valence-electron chi connectivity index (χ2n) is 8.43. The number of nitrogens with zero attached hydrogens (tertiary/aromatic N) is 5. The zero-order chi connectivity index (χ0) is 22.6. The smallest absolute Gasteiger partial charge is 0.226 e. The fraction of sp³-hybridized carbons (Fsp3) is 0.360. The lowest BCUT2D eigenvalue weighted by atomic mass is 10.0. The molecule has 0 radical (unpaired) electrons. The molecule has 0 aliphatic carbocycles. The fourth-order valence-electron chi connectivity index (χ4n) is 4.30. The number of aromatic amines is 1. The molecule has 0 amide bonds. The van der Waals surface area contributed by atoms with Crippen LogP contribution >= 0.6 is 0 Å². The molecule has 0 unspecified atom stereocenters. The number of ether oxygens (including phenoxy) is 1. The van der Waals surface area contributed by atoms with Crippen molar-refractivity contribution in [2.75, 3.05) is 24.6 Å². The van der Waals surface area contributed by atoms with E-state index in [9.17, 15) is 0 Å². The molecule has 0 spiro atoms. The molecule has 3 heterocycles. The van der Waals surface area contributed by atoms with E-state index >= 15 is 0 Å². The number of tetrazole rings is 1. The van der Waals surface area contributed by atoms with E-state index in [0.717, 1.165) is 60.9 Å². The summed E-state index contributed by atoms with van der Waals surface area (Å²) in [7, 11) is 0. The quantitative estimate of drug-likeness (QED) is 0.437. The molecular formula is C25H28N6O2. The molecule has 1 N–H and O–H groups in total. The lowest BCUT2D eigenvalue weighted by Gasteiger charge is -2.32. The van der Waals surface area contributed by atoms with Crippen LogP contribution in [-0.4, -0.2) is 45.3 Å². The van der Waals surface area contributed by atoms with Gasteiger partial charge in [0.15, 0.2) is 0 Å². The number of H-pyrrole nitrogens is 1. The summed E-state index contributed by atoms with van der Waals surface area (Å²) in [5, 5.41) is 14.2. The van der Waals surface area contributed by atoms with Crippen LogP contribution in [0.1, 0.15) is 34.8 Å². The molecule has 4 aromatic rings. The van der Waals surface area contributed by atoms with Crippen LogP contribution in [0.15, 0.2) is 46.9 Å². The topological polar surface area (TPSA) is 93.0 Å². The van der Waals surface area contributed by atoms with Gasteiger partial charge in [-0.3, -0.25) is 0 Å². The first kappa shape index (κ1) is 21.2. The number of benzene rings is 2. The number of aryl methyl sites for hydroxylation is 2. The molecule has 0 fully saturated rings. The minimum atomic E-state index is 0.556. The van der Waals surface area contributed by atoms with Crippen molar-refractivity contribution in [3.05, 3.63) is 70.9 Å². The highest BCUT2D eigenvalue weighted by atomic mass is 16.5. The first-order valence-corrected chi connectivity index (χ1v) is 11.4. The van der Waals surface area contributed by atoms with Gasteiger partial charge in [-0.05, 0) is 61.4 Å². The average molecular weight is 445 g/mol. The van der Waals surface area contributed by atoms with E-state index in [1.165, 1.54) is 16.8 Å². The van der Waals surface area contributed by atoms with Crippen LogP contribution in [0.2, 0.25) is 0 Å². The first-order chi connectivity index (χ1) is 16.2. The summed E-state index contributed by atoms with van der Waals surface area (Å²) in [5.74, 6) is 3.27. The highest BCUT2D eigenvalue weighted by molar-refractivity contribution is 5.61. The van der Waals surface area contributed by atoms with Crippen molar-refractivity contribution in [3.8, 4) is 17.2 Å². The zero-order valence-electron chi connectivity index (χ0n) is 19.0. The van der Waals surface area contributed by atoms with E-state index in [1.54, 1.807) is 0 Å². The fourth-order valence-corrected chi connectivity index (χ4v) is 4.30. The Bertz CT molecular complexity index is 1200. The molecule has 0 saturated carbocycles. The maximum Gasteiger partial charge on any atom is 0.226 e. The standard InChI is InChI=1S/C25H28N6O2/c1-17-8-10-19(11-9-17)25-26-21(18(2)33-25)13-16-32-23-7-3-6-22-20(23)5-4-14-31(22)15-12-24-27-29-30-28-24/h3,6-11H,4-5,12-16H2,1-2H3,(H,27,28,29,30). The van der Waals surface area contributed by atoms with Gasteiger partial charge in [-0.15, -0.1) is 5.10 Å². The normalized spacial score (nSPS) is 13.2. The van der Waals surface area contributed by atoms with Crippen molar-refractivity contribution >= 4 is 5.69 Å². The molecule has 2 aromatic carbocycles. The van der Waals surface area contributed by atoms with Crippen molar-refractivity contribution in [1.29, 1.82) is 0 Å². The van der Waals surface area contributed by atoms with Gasteiger partial charge < -0.3 is 14.1 Å². The summed E-state index contributed by atoms with van der Waals surface area (Å²) in [4.78, 5) is 7.11. The summed E-state index contributed by atoms with van der Waals surface area (Å²) in [6.07, 6.45) is 3.61. The Labute approximate surface area is 193 Å². The minimum Gasteiger partial charge on any atom is -0.493 e. The molecule has 2 aromatic heterocycles. The van der Waals surface area contributed by atoms with Crippen molar-refractivity contribution in [2.24, 2.45) is 0 Å². The molecule has 8 nitrogen and oxygen atoms in total. The molecular weight excluding hydrogens is 416 g/mol. The lowest BCUT2D eigenvalue weighted by molar-refractivity contribution is 0.316. The van der Waals surface area contributed by atoms with Gasteiger partial charge in [0.25, 0.3) is 0 Å². The van der Waals surface area contributed by atoms with Crippen LogP contribution in [-0.2, 0) is 19.3 Å². The Morgan fingerprint density at radius 2 is 1.97 bits per heavy atom. The Balaban J connectivity index is 1.24. The monoisotopic (exact) mass is 444 g/mol. The Hall–Kier alpha value is -3.68. The lowest BCUT2D eigenvalue weighted by Crippen LogP contribution is -2.31. The van der Waals surface area contributed by atoms with E-state index in [0.29, 0.717) is 18.9 Å². The zero-order valence-corrected chi connectivity index (χ0v) is 19.0. The molecule has 0 bridgehead atoms. The summed E-state index contributed by atoms with van der Waals surface area (Å²) in [6, 6.07) is 14.5. The van der Waals surface area contributed by atoms with Crippen molar-refractivity contribution in [2.45, 2.75) is 39.5 Å². The molecule has 33 heavy (non-hydrogen) atoms. The van der Waals surface area contributed by atoms with Gasteiger partial charge in [0.1, 0.15) is 17.3 Å². The first-order valence-electron chi connectivity index (χ1n) is 11.4. The number of hydrogen-bond donors (Lipinski definition) is 1. The third-order valence-corrected chi connectivity index (χ3v) is 6.10. The number of rotatable bonds is 8. The van der Waals surface area contributed by atoms with Gasteiger partial charge in [-0.25, -0.2) is 10.1 Å². The Morgan fingerprint density at radius 1 is 1.09 bits per heavy atom. The third kappa shape index (κ3) is 4.74. The predicted molar refractivity (Wildman–Crippen MR) is 125 cm³/mol. The number of fused-ring (bicyclic) bond motifs is 1. The van der Waals surface area contributed by atoms with E-state index in [1.807, 2.05) is 19.1 Å². The molecule has 5 rings (SSSR count). The van der Waals surface area contributed by atoms with E-state index < -0.39 is 0 Å². The van der Waals surface area contributed by atoms with Crippen LogP contribution in [0, 0.1) is 13.8 Å². The second-order valence-corrected chi connectivity index (χ2v) is 8.43. The highest BCUT2D eigenvalue weighted by Gasteiger charge is 2.20. The van der Waals surface area contributed by atoms with Crippen LogP contribution in [0.3, 0.4) is 0 Å². The van der Waals surface area contributed by atoms with Gasteiger partial charge in [-0.2, -0.15) is 0 Å². The molecule has 0 atom stereocenters. The third-order valence-electron chi connectivity index (χ3n) is 6.10. The highest BCUT2D eigenvalue weighted by Crippen LogP contribution is 2.34. The number of oxazole rings is 1. The summed E-state index contributed by atoms with van der Waals surface area (Å²) >= 11 is 0. The largest absolute Gasteiger partial charge is 0.493 e. The van der Waals surface area contributed by atoms with Crippen LogP contribution in [0.4, 0.5) is 5.69 Å². The summed E-state index contributed by atoms with van der Waals surface area (Å²) in [5.41, 5.74) is 5.67. The summed E-state index contributed by atoms with van der Waals surface area (Å²) in [6.45, 7) is 6.49.